The van der Waals surface area contributed by atoms with Gasteiger partial charge in [0.05, 0.1) is 0 Å². The van der Waals surface area contributed by atoms with Crippen LogP contribution >= 0.6 is 0 Å². The molecule has 0 atom stereocenters. The number of allylic oxidation sites excluding steroid dienone is 2. The average molecular weight is 1140 g/mol. The molecule has 0 aliphatic carbocycles. The molecule has 0 fully saturated rings. The van der Waals surface area contributed by atoms with Crippen LogP contribution < -0.4 is 0 Å². The Morgan fingerprint density at radius 1 is 0.303 bits per heavy atom. The van der Waals surface area contributed by atoms with Crippen molar-refractivity contribution in [1.82, 2.24) is 0 Å². The molecule has 2 nitrogen and oxygen atoms in total. The van der Waals surface area contributed by atoms with Gasteiger partial charge in [0.2, 0.25) is 11.4 Å². The summed E-state index contributed by atoms with van der Waals surface area (Å²) in [5.41, 5.74) is 25.1. The first kappa shape index (κ1) is 70.3. The van der Waals surface area contributed by atoms with Gasteiger partial charge >= 0.3 is 54.5 Å². The van der Waals surface area contributed by atoms with Crippen LogP contribution in [0, 0.1) is 0 Å². The van der Waals surface area contributed by atoms with E-state index in [2.05, 4.69) is 91.8 Å². The summed E-state index contributed by atoms with van der Waals surface area (Å²) in [4.78, 5) is 2.95. The van der Waals surface area contributed by atoms with Gasteiger partial charge in [0.1, 0.15) is 0 Å². The van der Waals surface area contributed by atoms with Crippen LogP contribution in [0.25, 0.3) is 16.9 Å². The van der Waals surface area contributed by atoms with E-state index in [1.807, 2.05) is 0 Å². The molecule has 2 aromatic rings. The Balaban J connectivity index is 0.00000263. The Labute approximate surface area is 484 Å². The van der Waals surface area contributed by atoms with Gasteiger partial charge in [0.15, 0.2) is 0 Å². The Bertz CT molecular complexity index is 1740. The van der Waals surface area contributed by atoms with Crippen LogP contribution in [0.3, 0.4) is 0 Å². The number of unbranched alkanes of at least 4 members (excludes halogenated alkanes) is 36. The second-order valence-corrected chi connectivity index (χ2v) is 26.1. The van der Waals surface area contributed by atoms with Gasteiger partial charge in [0, 0.05) is 22.3 Å². The van der Waals surface area contributed by atoms with Crippen molar-refractivity contribution in [2.75, 3.05) is 0 Å². The second kappa shape index (κ2) is 50.2. The molecule has 0 spiro atoms. The number of hydrogen-bond acceptors (Lipinski definition) is 0. The molecule has 76 heavy (non-hydrogen) atoms. The Kier molecular flexibility index (Phi) is 46.4. The SMILES string of the molecule is CCCCCCCCCCCCCCCCCCCCc1cc(CCCC)cc(C2=C(C)C(CC)=C(c3cc(CCCC)cc(CCCCCCCCCCCCCCCCCCCC)c3)[N+]2=[N-])c1.CC[CH2][Pd][CH2]CC. The molecule has 0 unspecified atom stereocenters. The topological polar surface area (TPSA) is 25.3 Å². The van der Waals surface area contributed by atoms with Gasteiger partial charge in [0.25, 0.3) is 0 Å². The van der Waals surface area contributed by atoms with Crippen LogP contribution in [-0.2, 0) is 43.7 Å². The fourth-order valence-electron chi connectivity index (χ4n) is 11.7. The van der Waals surface area contributed by atoms with Crippen molar-refractivity contribution in [3.8, 4) is 0 Å². The first-order chi connectivity index (χ1) is 37.4. The second-order valence-electron chi connectivity index (χ2n) is 23.7. The molecule has 2 aromatic carbocycles. The third-order valence-electron chi connectivity index (χ3n) is 16.3. The number of aryl methyl sites for hydroxylation is 4. The molecule has 1 aliphatic rings. The summed E-state index contributed by atoms with van der Waals surface area (Å²) >= 11 is 1.07. The zero-order valence-electron chi connectivity index (χ0n) is 52.3. The molecule has 1 aliphatic heterocycles. The van der Waals surface area contributed by atoms with Crippen LogP contribution in [0.1, 0.15) is 365 Å². The zero-order chi connectivity index (χ0) is 54.9. The Morgan fingerprint density at radius 3 is 0.816 bits per heavy atom. The van der Waals surface area contributed by atoms with Crippen LogP contribution in [0.15, 0.2) is 47.5 Å². The third kappa shape index (κ3) is 33.7. The van der Waals surface area contributed by atoms with E-state index in [1.54, 1.807) is 4.70 Å². The standard InChI is InChI=1S/C67H114N2.2C3H7.Pd/c1-7-12-16-18-20-22-24-26-28-30-32-34-36-38-40-42-44-46-50-61-52-59(48-14-9-3)54-63(55-61)66-58(6)65(11-5)67(69(66)68)64-56-60(49-15-10-4)53-62(57-64)51-47-45-43-41-39-37-35-33-31-29-27-25-23-21-19-17-13-8-2;2*1-3-2;/h52-57H,7-51H2,1-6H3;2*1,3H2,2H3;. The summed E-state index contributed by atoms with van der Waals surface area (Å²) in [7, 11) is 0. The van der Waals surface area contributed by atoms with Gasteiger partial charge in [-0.25, -0.2) is 4.70 Å². The van der Waals surface area contributed by atoms with Crippen molar-refractivity contribution >= 4 is 11.4 Å². The molecule has 1 heterocycles. The zero-order valence-corrected chi connectivity index (χ0v) is 53.9. The molecule has 3 rings (SSSR count). The Morgan fingerprint density at radius 2 is 0.553 bits per heavy atom. The van der Waals surface area contributed by atoms with E-state index in [9.17, 15) is 5.53 Å². The number of hydrogen-bond donors (Lipinski definition) is 0. The fraction of sp³-hybridized carbons (Fsp3) is 0.781. The molecule has 440 valence electrons. The summed E-state index contributed by atoms with van der Waals surface area (Å²) < 4.78 is 1.60. The maximum absolute atomic E-state index is 12.3. The van der Waals surface area contributed by atoms with Crippen LogP contribution in [0.2, 0.25) is 9.79 Å². The molecular formula is C73H128N2Pd. The van der Waals surface area contributed by atoms with Gasteiger partial charge in [-0.05, 0) is 111 Å². The fourth-order valence-corrected chi connectivity index (χ4v) is 13.2. The van der Waals surface area contributed by atoms with E-state index in [-0.39, 0.29) is 0 Å². The van der Waals surface area contributed by atoms with Crippen LogP contribution in [-0.4, -0.2) is 4.70 Å². The van der Waals surface area contributed by atoms with E-state index in [4.69, 9.17) is 0 Å². The van der Waals surface area contributed by atoms with Crippen molar-refractivity contribution in [3.63, 3.8) is 0 Å². The van der Waals surface area contributed by atoms with E-state index < -0.39 is 0 Å². The van der Waals surface area contributed by atoms with Crippen molar-refractivity contribution in [2.45, 2.75) is 367 Å². The third-order valence-corrected chi connectivity index (χ3v) is 19.0. The van der Waals surface area contributed by atoms with Crippen LogP contribution in [0.4, 0.5) is 0 Å². The average Bonchev–Trinajstić information content (AvgIpc) is 3.72. The van der Waals surface area contributed by atoms with E-state index in [0.29, 0.717) is 0 Å². The molecule has 3 heteroatoms. The molecule has 0 bridgehead atoms. The van der Waals surface area contributed by atoms with Gasteiger partial charge in [-0.1, -0.05) is 278 Å². The van der Waals surface area contributed by atoms with Crippen molar-refractivity contribution in [1.29, 1.82) is 0 Å². The van der Waals surface area contributed by atoms with Gasteiger partial charge in [-0.15, -0.1) is 0 Å². The maximum atomic E-state index is 12.3. The summed E-state index contributed by atoms with van der Waals surface area (Å²) in [6, 6.07) is 14.6. The predicted molar refractivity (Wildman–Crippen MR) is 339 cm³/mol. The van der Waals surface area contributed by atoms with Gasteiger partial charge in [-0.2, -0.15) is 0 Å². The van der Waals surface area contributed by atoms with Crippen molar-refractivity contribution < 1.29 is 22.7 Å². The first-order valence-electron chi connectivity index (χ1n) is 34.0. The van der Waals surface area contributed by atoms with Gasteiger partial charge in [-0.3, -0.25) is 0 Å². The summed E-state index contributed by atoms with van der Waals surface area (Å²) in [5, 5.41) is 0. The molecule has 0 saturated carbocycles. The molecule has 0 aromatic heterocycles. The quantitative estimate of drug-likeness (QED) is 0.0358. The molecule has 0 saturated heterocycles. The van der Waals surface area contributed by atoms with E-state index in [0.717, 1.165) is 61.5 Å². The van der Waals surface area contributed by atoms with E-state index >= 15 is 0 Å². The van der Waals surface area contributed by atoms with Crippen molar-refractivity contribution in [3.05, 3.63) is 86.5 Å². The molecule has 0 amide bonds. The van der Waals surface area contributed by atoms with Crippen molar-refractivity contribution in [2.24, 2.45) is 0 Å². The van der Waals surface area contributed by atoms with E-state index in [1.165, 1.54) is 324 Å². The first-order valence-corrected chi connectivity index (χ1v) is 36.2. The summed E-state index contributed by atoms with van der Waals surface area (Å²) in [5.74, 6) is 0. The molecular weight excluding hydrogens is 1010 g/mol. The Hall–Kier alpha value is -1.82. The minimum absolute atomic E-state index is 0.914. The normalized spacial score (nSPS) is 12.7. The number of benzene rings is 2. The predicted octanol–water partition coefficient (Wildman–Crippen LogP) is 25.9. The monoisotopic (exact) mass is 1140 g/mol. The van der Waals surface area contributed by atoms with Gasteiger partial charge < -0.3 is 5.53 Å². The number of nitrogens with zero attached hydrogens (tertiary/aromatic N) is 2. The molecule has 0 N–H and O–H groups in total. The van der Waals surface area contributed by atoms with Crippen LogP contribution in [0.5, 0.6) is 0 Å². The summed E-state index contributed by atoms with van der Waals surface area (Å²) in [6.45, 7) is 18.3. The summed E-state index contributed by atoms with van der Waals surface area (Å²) in [6.07, 6.45) is 63.9. The number of rotatable bonds is 51. The molecule has 0 radical (unpaired) electrons. The minimum atomic E-state index is 0.914.